The molecule has 0 bridgehead atoms. The van der Waals surface area contributed by atoms with Crippen LogP contribution in [-0.4, -0.2) is 73.0 Å². The maximum absolute atomic E-state index is 9.59. The minimum Gasteiger partial charge on any atom is -0.393 e. The lowest BCUT2D eigenvalue weighted by molar-refractivity contribution is -0.0401. The first-order valence-electron chi connectivity index (χ1n) is 6.93. The van der Waals surface area contributed by atoms with Crippen LogP contribution in [0.2, 0.25) is 0 Å². The summed E-state index contributed by atoms with van der Waals surface area (Å²) in [6.07, 6.45) is 1.32. The molecule has 4 nitrogen and oxygen atoms in total. The molecule has 2 saturated heterocycles. The molecular formula is C13H26N2O2. The number of aliphatic hydroxyl groups is 1. The SMILES string of the molecule is CCN1CCOC(CN2CCC(C(C)O)C2)C1. The van der Waals surface area contributed by atoms with Crippen molar-refractivity contribution in [1.29, 1.82) is 0 Å². The Morgan fingerprint density at radius 2 is 2.12 bits per heavy atom. The molecule has 0 spiro atoms. The Morgan fingerprint density at radius 3 is 2.76 bits per heavy atom. The predicted molar refractivity (Wildman–Crippen MR) is 68.1 cm³/mol. The van der Waals surface area contributed by atoms with Gasteiger partial charge < -0.3 is 14.7 Å². The van der Waals surface area contributed by atoms with Crippen molar-refractivity contribution in [1.82, 2.24) is 9.80 Å². The Morgan fingerprint density at radius 1 is 1.29 bits per heavy atom. The summed E-state index contributed by atoms with van der Waals surface area (Å²) in [5.74, 6) is 0.459. The summed E-state index contributed by atoms with van der Waals surface area (Å²) in [6, 6.07) is 0. The van der Waals surface area contributed by atoms with Crippen LogP contribution in [0.25, 0.3) is 0 Å². The normalized spacial score (nSPS) is 34.1. The third kappa shape index (κ3) is 3.65. The van der Waals surface area contributed by atoms with Crippen LogP contribution in [0.5, 0.6) is 0 Å². The molecule has 0 saturated carbocycles. The van der Waals surface area contributed by atoms with Crippen LogP contribution in [0.1, 0.15) is 20.3 Å². The number of nitrogens with zero attached hydrogens (tertiary/aromatic N) is 2. The first kappa shape index (κ1) is 13.3. The fraction of sp³-hybridized carbons (Fsp3) is 1.00. The molecule has 0 radical (unpaired) electrons. The van der Waals surface area contributed by atoms with Crippen molar-refractivity contribution in [3.8, 4) is 0 Å². The van der Waals surface area contributed by atoms with Crippen LogP contribution in [0.3, 0.4) is 0 Å². The molecule has 0 aromatic rings. The Bertz CT molecular complexity index is 235. The molecule has 17 heavy (non-hydrogen) atoms. The fourth-order valence-electron chi connectivity index (χ4n) is 2.89. The van der Waals surface area contributed by atoms with Crippen molar-refractivity contribution in [2.45, 2.75) is 32.5 Å². The maximum Gasteiger partial charge on any atom is 0.0829 e. The van der Waals surface area contributed by atoms with Gasteiger partial charge >= 0.3 is 0 Å². The van der Waals surface area contributed by atoms with Gasteiger partial charge in [-0.1, -0.05) is 6.92 Å². The second kappa shape index (κ2) is 6.14. The zero-order chi connectivity index (χ0) is 12.3. The topological polar surface area (TPSA) is 35.9 Å². The van der Waals surface area contributed by atoms with Crippen molar-refractivity contribution >= 4 is 0 Å². The zero-order valence-electron chi connectivity index (χ0n) is 11.1. The summed E-state index contributed by atoms with van der Waals surface area (Å²) >= 11 is 0. The second-order valence-electron chi connectivity index (χ2n) is 5.43. The maximum atomic E-state index is 9.59. The molecule has 1 N–H and O–H groups in total. The first-order valence-corrected chi connectivity index (χ1v) is 6.93. The summed E-state index contributed by atoms with van der Waals surface area (Å²) in [7, 11) is 0. The minimum absolute atomic E-state index is 0.167. The van der Waals surface area contributed by atoms with Crippen molar-refractivity contribution in [3.05, 3.63) is 0 Å². The lowest BCUT2D eigenvalue weighted by Crippen LogP contribution is -2.47. The molecule has 3 atom stereocenters. The highest BCUT2D eigenvalue weighted by Crippen LogP contribution is 2.20. The molecule has 0 amide bonds. The summed E-state index contributed by atoms with van der Waals surface area (Å²) < 4.78 is 5.82. The smallest absolute Gasteiger partial charge is 0.0829 e. The molecular weight excluding hydrogens is 216 g/mol. The van der Waals surface area contributed by atoms with E-state index >= 15 is 0 Å². The number of ether oxygens (including phenoxy) is 1. The summed E-state index contributed by atoms with van der Waals surface area (Å²) in [6.45, 7) is 11.4. The molecule has 0 aromatic carbocycles. The van der Waals surface area contributed by atoms with E-state index in [0.29, 0.717) is 12.0 Å². The molecule has 3 unspecified atom stereocenters. The van der Waals surface area contributed by atoms with Gasteiger partial charge in [-0.15, -0.1) is 0 Å². The van der Waals surface area contributed by atoms with Crippen molar-refractivity contribution in [2.24, 2.45) is 5.92 Å². The molecule has 0 aliphatic carbocycles. The van der Waals surface area contributed by atoms with E-state index in [-0.39, 0.29) is 6.10 Å². The van der Waals surface area contributed by atoms with E-state index in [2.05, 4.69) is 16.7 Å². The van der Waals surface area contributed by atoms with Crippen LogP contribution in [-0.2, 0) is 4.74 Å². The average molecular weight is 242 g/mol. The van der Waals surface area contributed by atoms with E-state index in [1.165, 1.54) is 0 Å². The van der Waals surface area contributed by atoms with Crippen LogP contribution < -0.4 is 0 Å². The van der Waals surface area contributed by atoms with E-state index in [4.69, 9.17) is 4.74 Å². The fourth-order valence-corrected chi connectivity index (χ4v) is 2.89. The molecule has 2 aliphatic rings. The molecule has 4 heteroatoms. The van der Waals surface area contributed by atoms with Gasteiger partial charge in [0.05, 0.1) is 18.8 Å². The van der Waals surface area contributed by atoms with Gasteiger partial charge in [0.25, 0.3) is 0 Å². The van der Waals surface area contributed by atoms with Crippen molar-refractivity contribution in [2.75, 3.05) is 45.9 Å². The Kier molecular flexibility index (Phi) is 4.79. The van der Waals surface area contributed by atoms with Crippen LogP contribution in [0, 0.1) is 5.92 Å². The third-order valence-corrected chi connectivity index (χ3v) is 4.12. The second-order valence-corrected chi connectivity index (χ2v) is 5.43. The highest BCUT2D eigenvalue weighted by Gasteiger charge is 2.29. The van der Waals surface area contributed by atoms with Gasteiger partial charge in [0.15, 0.2) is 0 Å². The van der Waals surface area contributed by atoms with Gasteiger partial charge in [-0.2, -0.15) is 0 Å². The van der Waals surface area contributed by atoms with Crippen LogP contribution in [0.15, 0.2) is 0 Å². The number of hydrogen-bond donors (Lipinski definition) is 1. The lowest BCUT2D eigenvalue weighted by Gasteiger charge is -2.34. The van der Waals surface area contributed by atoms with E-state index in [1.807, 2.05) is 6.92 Å². The molecule has 2 heterocycles. The highest BCUT2D eigenvalue weighted by atomic mass is 16.5. The summed E-state index contributed by atoms with van der Waals surface area (Å²) in [4.78, 5) is 4.90. The van der Waals surface area contributed by atoms with Crippen LogP contribution >= 0.6 is 0 Å². The van der Waals surface area contributed by atoms with Crippen molar-refractivity contribution in [3.63, 3.8) is 0 Å². The number of likely N-dealkylation sites (N-methyl/N-ethyl adjacent to an activating group) is 1. The third-order valence-electron chi connectivity index (χ3n) is 4.12. The van der Waals surface area contributed by atoms with E-state index in [1.54, 1.807) is 0 Å². The molecule has 2 rings (SSSR count). The van der Waals surface area contributed by atoms with Gasteiger partial charge in [0, 0.05) is 26.2 Å². The standard InChI is InChI=1S/C13H26N2O2/c1-3-14-6-7-17-13(9-14)10-15-5-4-12(8-15)11(2)16/h11-13,16H,3-10H2,1-2H3. The Hall–Kier alpha value is -0.160. The minimum atomic E-state index is -0.167. The van der Waals surface area contributed by atoms with E-state index in [0.717, 1.165) is 52.3 Å². The highest BCUT2D eigenvalue weighted by molar-refractivity contribution is 4.82. The molecule has 2 fully saturated rings. The van der Waals surface area contributed by atoms with Gasteiger partial charge in [-0.05, 0) is 32.4 Å². The Balaban J connectivity index is 1.74. The van der Waals surface area contributed by atoms with Crippen LogP contribution in [0.4, 0.5) is 0 Å². The number of likely N-dealkylation sites (tertiary alicyclic amines) is 1. The van der Waals surface area contributed by atoms with Gasteiger partial charge in [0.1, 0.15) is 0 Å². The van der Waals surface area contributed by atoms with Gasteiger partial charge in [-0.3, -0.25) is 4.90 Å². The van der Waals surface area contributed by atoms with Gasteiger partial charge in [0.2, 0.25) is 0 Å². The Labute approximate surface area is 105 Å². The summed E-state index contributed by atoms with van der Waals surface area (Å²) in [5.41, 5.74) is 0. The number of rotatable bonds is 4. The van der Waals surface area contributed by atoms with E-state index < -0.39 is 0 Å². The quantitative estimate of drug-likeness (QED) is 0.774. The zero-order valence-corrected chi connectivity index (χ0v) is 11.1. The summed E-state index contributed by atoms with van der Waals surface area (Å²) in [5, 5.41) is 9.59. The number of morpholine rings is 1. The van der Waals surface area contributed by atoms with E-state index in [9.17, 15) is 5.11 Å². The first-order chi connectivity index (χ1) is 8.19. The molecule has 0 aromatic heterocycles. The van der Waals surface area contributed by atoms with Crippen molar-refractivity contribution < 1.29 is 9.84 Å². The predicted octanol–water partition coefficient (Wildman–Crippen LogP) is 0.410. The molecule has 100 valence electrons. The lowest BCUT2D eigenvalue weighted by atomic mass is 10.0. The average Bonchev–Trinajstić information content (AvgIpc) is 2.78. The largest absolute Gasteiger partial charge is 0.393 e. The van der Waals surface area contributed by atoms with Gasteiger partial charge in [-0.25, -0.2) is 0 Å². The molecule has 2 aliphatic heterocycles. The number of hydrogen-bond acceptors (Lipinski definition) is 4. The number of aliphatic hydroxyl groups excluding tert-OH is 1. The monoisotopic (exact) mass is 242 g/mol.